The number of benzene rings is 2. The summed E-state index contributed by atoms with van der Waals surface area (Å²) >= 11 is 1.67. The van der Waals surface area contributed by atoms with E-state index in [-0.39, 0.29) is 0 Å². The number of thiazole rings is 1. The van der Waals surface area contributed by atoms with Gasteiger partial charge < -0.3 is 4.98 Å². The van der Waals surface area contributed by atoms with Crippen molar-refractivity contribution in [2.45, 2.75) is 0 Å². The fraction of sp³-hybridized carbons (Fsp3) is 0. The number of rotatable bonds is 3. The van der Waals surface area contributed by atoms with Crippen LogP contribution in [0.5, 0.6) is 0 Å². The number of fused-ring (bicyclic) bond motifs is 2. The Hall–Kier alpha value is -3.31. The van der Waals surface area contributed by atoms with Gasteiger partial charge in [-0.3, -0.25) is 4.98 Å². The van der Waals surface area contributed by atoms with E-state index >= 15 is 0 Å². The van der Waals surface area contributed by atoms with Gasteiger partial charge in [-0.25, -0.2) is 9.97 Å². The van der Waals surface area contributed by atoms with Crippen LogP contribution in [0.4, 0.5) is 0 Å². The number of nitrogens with zero attached hydrogens (tertiary/aromatic N) is 3. The first-order valence-corrected chi connectivity index (χ1v) is 9.11. The monoisotopic (exact) mass is 354 g/mol. The van der Waals surface area contributed by atoms with Gasteiger partial charge in [-0.1, -0.05) is 30.3 Å². The van der Waals surface area contributed by atoms with Gasteiger partial charge in [0.15, 0.2) is 0 Å². The third kappa shape index (κ3) is 2.68. The molecule has 0 saturated heterocycles. The van der Waals surface area contributed by atoms with Crippen LogP contribution < -0.4 is 0 Å². The quantitative estimate of drug-likeness (QED) is 0.487. The maximum Gasteiger partial charge on any atom is 0.141 e. The number of aromatic amines is 1. The summed E-state index contributed by atoms with van der Waals surface area (Å²) < 4.78 is 1.16. The van der Waals surface area contributed by atoms with E-state index in [0.29, 0.717) is 0 Å². The average Bonchev–Trinajstić information content (AvgIpc) is 3.30. The lowest BCUT2D eigenvalue weighted by molar-refractivity contribution is 1.25. The summed E-state index contributed by atoms with van der Waals surface area (Å²) in [6.45, 7) is 0. The largest absolute Gasteiger partial charge is 0.338 e. The number of pyridine rings is 1. The third-order valence-corrected chi connectivity index (χ3v) is 5.23. The van der Waals surface area contributed by atoms with Gasteiger partial charge in [0.1, 0.15) is 10.8 Å². The van der Waals surface area contributed by atoms with Crippen molar-refractivity contribution in [1.82, 2.24) is 19.9 Å². The normalized spacial score (nSPS) is 12.1. The Morgan fingerprint density at radius 3 is 2.54 bits per heavy atom. The summed E-state index contributed by atoms with van der Waals surface area (Å²) in [5, 5.41) is 0.939. The van der Waals surface area contributed by atoms with Crippen LogP contribution in [0, 0.1) is 0 Å². The molecule has 0 aliphatic heterocycles. The van der Waals surface area contributed by atoms with E-state index in [1.165, 1.54) is 0 Å². The highest BCUT2D eigenvalue weighted by atomic mass is 32.1. The van der Waals surface area contributed by atoms with E-state index in [0.717, 1.165) is 43.2 Å². The molecule has 4 nitrogen and oxygen atoms in total. The fourth-order valence-electron chi connectivity index (χ4n) is 2.93. The SMILES string of the molecule is C(=C(/c1nc2ccccc2[nH]1)c1nc2ccccc2s1)/c1cccnc1. The maximum absolute atomic E-state index is 4.83. The molecule has 0 atom stereocenters. The van der Waals surface area contributed by atoms with Crippen molar-refractivity contribution in [2.24, 2.45) is 0 Å². The lowest BCUT2D eigenvalue weighted by Crippen LogP contribution is -1.90. The van der Waals surface area contributed by atoms with Crippen LogP contribution in [0.15, 0.2) is 73.1 Å². The molecule has 3 aromatic heterocycles. The molecule has 0 amide bonds. The van der Waals surface area contributed by atoms with Crippen LogP contribution in [0.2, 0.25) is 0 Å². The van der Waals surface area contributed by atoms with Crippen molar-refractivity contribution >= 4 is 44.2 Å². The molecule has 0 bridgehead atoms. The predicted molar refractivity (Wildman–Crippen MR) is 107 cm³/mol. The molecule has 0 aliphatic carbocycles. The van der Waals surface area contributed by atoms with Gasteiger partial charge in [-0.05, 0) is 42.0 Å². The van der Waals surface area contributed by atoms with Crippen LogP contribution in [0.1, 0.15) is 16.4 Å². The van der Waals surface area contributed by atoms with E-state index in [9.17, 15) is 0 Å². The highest BCUT2D eigenvalue weighted by Crippen LogP contribution is 2.32. The summed E-state index contributed by atoms with van der Waals surface area (Å²) in [7, 11) is 0. The minimum absolute atomic E-state index is 0.814. The molecule has 0 unspecified atom stereocenters. The lowest BCUT2D eigenvalue weighted by atomic mass is 10.1. The van der Waals surface area contributed by atoms with Crippen LogP contribution in [-0.2, 0) is 0 Å². The van der Waals surface area contributed by atoms with Gasteiger partial charge >= 0.3 is 0 Å². The van der Waals surface area contributed by atoms with Crippen LogP contribution in [-0.4, -0.2) is 19.9 Å². The van der Waals surface area contributed by atoms with E-state index < -0.39 is 0 Å². The number of aromatic nitrogens is 4. The molecule has 2 aromatic carbocycles. The van der Waals surface area contributed by atoms with Crippen LogP contribution >= 0.6 is 11.3 Å². The molecule has 0 aliphatic rings. The van der Waals surface area contributed by atoms with E-state index in [1.807, 2.05) is 60.8 Å². The van der Waals surface area contributed by atoms with Gasteiger partial charge in [-0.2, -0.15) is 0 Å². The zero-order valence-corrected chi connectivity index (χ0v) is 14.6. The second kappa shape index (κ2) is 6.20. The zero-order chi connectivity index (χ0) is 17.3. The highest BCUT2D eigenvalue weighted by molar-refractivity contribution is 7.19. The van der Waals surface area contributed by atoms with Crippen molar-refractivity contribution in [3.05, 3.63) is 89.5 Å². The Labute approximate surface area is 153 Å². The van der Waals surface area contributed by atoms with Crippen molar-refractivity contribution in [3.8, 4) is 0 Å². The molecule has 0 fully saturated rings. The first kappa shape index (κ1) is 15.0. The Kier molecular flexibility index (Phi) is 3.57. The van der Waals surface area contributed by atoms with Gasteiger partial charge in [0.05, 0.1) is 26.8 Å². The van der Waals surface area contributed by atoms with E-state index in [1.54, 1.807) is 17.5 Å². The number of para-hydroxylation sites is 3. The molecule has 0 spiro atoms. The zero-order valence-electron chi connectivity index (χ0n) is 13.8. The number of nitrogens with one attached hydrogen (secondary N) is 1. The average molecular weight is 354 g/mol. The van der Waals surface area contributed by atoms with Crippen molar-refractivity contribution < 1.29 is 0 Å². The molecular formula is C21H14N4S. The summed E-state index contributed by atoms with van der Waals surface area (Å²) in [5.74, 6) is 0.814. The molecule has 5 heteroatoms. The summed E-state index contributed by atoms with van der Waals surface area (Å²) in [6, 6.07) is 20.2. The first-order valence-electron chi connectivity index (χ1n) is 8.30. The molecule has 124 valence electrons. The first-order chi connectivity index (χ1) is 12.9. The smallest absolute Gasteiger partial charge is 0.141 e. The maximum atomic E-state index is 4.83. The Balaban J connectivity index is 1.73. The molecule has 0 radical (unpaired) electrons. The fourth-order valence-corrected chi connectivity index (χ4v) is 3.91. The molecule has 5 rings (SSSR count). The number of hydrogen-bond donors (Lipinski definition) is 1. The van der Waals surface area contributed by atoms with E-state index in [4.69, 9.17) is 9.97 Å². The highest BCUT2D eigenvalue weighted by Gasteiger charge is 2.15. The topological polar surface area (TPSA) is 54.5 Å². The Bertz CT molecular complexity index is 1090. The van der Waals surface area contributed by atoms with Crippen molar-refractivity contribution in [3.63, 3.8) is 0 Å². The van der Waals surface area contributed by atoms with Crippen LogP contribution in [0.3, 0.4) is 0 Å². The van der Waals surface area contributed by atoms with Gasteiger partial charge in [0, 0.05) is 12.4 Å². The summed E-state index contributed by atoms with van der Waals surface area (Å²) in [6.07, 6.45) is 5.70. The van der Waals surface area contributed by atoms with E-state index in [2.05, 4.69) is 22.1 Å². The molecule has 0 saturated carbocycles. The molecule has 26 heavy (non-hydrogen) atoms. The summed E-state index contributed by atoms with van der Waals surface area (Å²) in [5.41, 5.74) is 4.94. The predicted octanol–water partition coefficient (Wildman–Crippen LogP) is 5.16. The minimum Gasteiger partial charge on any atom is -0.338 e. The molecule has 1 N–H and O–H groups in total. The number of hydrogen-bond acceptors (Lipinski definition) is 4. The lowest BCUT2D eigenvalue weighted by Gasteiger charge is -2.01. The second-order valence-corrected chi connectivity index (χ2v) is 6.96. The Morgan fingerprint density at radius 2 is 1.73 bits per heavy atom. The van der Waals surface area contributed by atoms with Crippen molar-refractivity contribution in [1.29, 1.82) is 0 Å². The molecular weight excluding hydrogens is 340 g/mol. The minimum atomic E-state index is 0.814. The molecule has 3 heterocycles. The van der Waals surface area contributed by atoms with Gasteiger partial charge in [0.25, 0.3) is 0 Å². The van der Waals surface area contributed by atoms with Crippen molar-refractivity contribution in [2.75, 3.05) is 0 Å². The Morgan fingerprint density at radius 1 is 0.885 bits per heavy atom. The van der Waals surface area contributed by atoms with Gasteiger partial charge in [-0.15, -0.1) is 11.3 Å². The number of imidazole rings is 1. The second-order valence-electron chi connectivity index (χ2n) is 5.93. The third-order valence-electron chi connectivity index (χ3n) is 4.16. The van der Waals surface area contributed by atoms with Gasteiger partial charge in [0.2, 0.25) is 0 Å². The number of H-pyrrole nitrogens is 1. The van der Waals surface area contributed by atoms with Crippen LogP contribution in [0.25, 0.3) is 32.9 Å². The standard InChI is InChI=1S/C21H14N4S/c1-2-8-17-16(7-1)23-20(24-17)15(12-14-6-5-11-22-13-14)21-25-18-9-3-4-10-19(18)26-21/h1-13H,(H,23,24)/b15-12+. The molecule has 5 aromatic rings. The summed E-state index contributed by atoms with van der Waals surface area (Å²) in [4.78, 5) is 17.2.